The largest absolute Gasteiger partial charge is 0.273 e. The molecule has 0 atom stereocenters. The van der Waals surface area contributed by atoms with Gasteiger partial charge in [0.2, 0.25) is 5.91 Å². The van der Waals surface area contributed by atoms with Crippen molar-refractivity contribution in [3.63, 3.8) is 0 Å². The topological polar surface area (TPSA) is 32.7 Å². The first-order chi connectivity index (χ1) is 8.14. The van der Waals surface area contributed by atoms with Gasteiger partial charge >= 0.3 is 0 Å². The minimum atomic E-state index is 0.191. The molecule has 3 heteroatoms. The predicted octanol–water partition coefficient (Wildman–Crippen LogP) is 2.42. The molecule has 5 rings (SSSR count). The van der Waals surface area contributed by atoms with Crippen molar-refractivity contribution in [3.8, 4) is 0 Å². The quantitative estimate of drug-likeness (QED) is 0.683. The maximum absolute atomic E-state index is 11.7. The Morgan fingerprint density at radius 1 is 1.12 bits per heavy atom. The van der Waals surface area contributed by atoms with E-state index in [0.717, 1.165) is 17.8 Å². The van der Waals surface area contributed by atoms with Gasteiger partial charge in [-0.3, -0.25) is 4.79 Å². The number of hydrazone groups is 1. The normalized spacial score (nSPS) is 47.8. The zero-order valence-electron chi connectivity index (χ0n) is 10.5. The summed E-state index contributed by atoms with van der Waals surface area (Å²) >= 11 is 0. The van der Waals surface area contributed by atoms with E-state index in [-0.39, 0.29) is 5.91 Å². The number of hydrogen-bond donors (Lipinski definition) is 0. The molecule has 0 aromatic carbocycles. The van der Waals surface area contributed by atoms with Crippen LogP contribution in [0.3, 0.4) is 0 Å². The van der Waals surface area contributed by atoms with Crippen LogP contribution in [-0.2, 0) is 4.79 Å². The Hall–Kier alpha value is -0.860. The average molecular weight is 232 g/mol. The molecule has 0 saturated heterocycles. The second kappa shape index (κ2) is 3.12. The van der Waals surface area contributed by atoms with Gasteiger partial charge in [-0.15, -0.1) is 0 Å². The fraction of sp³-hybridized carbons (Fsp3) is 0.857. The van der Waals surface area contributed by atoms with E-state index < -0.39 is 0 Å². The molecule has 1 heterocycles. The van der Waals surface area contributed by atoms with E-state index in [4.69, 9.17) is 0 Å². The summed E-state index contributed by atoms with van der Waals surface area (Å²) < 4.78 is 0. The molecule has 0 aromatic rings. The van der Waals surface area contributed by atoms with Crippen molar-refractivity contribution in [1.29, 1.82) is 0 Å². The van der Waals surface area contributed by atoms with Crippen LogP contribution in [-0.4, -0.2) is 23.7 Å². The lowest BCUT2D eigenvalue weighted by atomic mass is 9.48. The maximum Gasteiger partial charge on any atom is 0.248 e. The highest BCUT2D eigenvalue weighted by Gasteiger charge is 2.54. The van der Waals surface area contributed by atoms with E-state index in [1.54, 1.807) is 12.1 Å². The molecule has 0 unspecified atom stereocenters. The molecule has 0 aromatic heterocycles. The van der Waals surface area contributed by atoms with E-state index in [1.807, 2.05) is 0 Å². The molecular formula is C14H20N2O. The summed E-state index contributed by atoms with van der Waals surface area (Å²) in [6, 6.07) is 0. The first kappa shape index (κ1) is 10.1. The van der Waals surface area contributed by atoms with Crippen LogP contribution >= 0.6 is 0 Å². The molecule has 92 valence electrons. The van der Waals surface area contributed by atoms with Gasteiger partial charge in [-0.25, -0.2) is 5.01 Å². The SMILES string of the molecule is CN1N=C(C23CC4CC(CC(C4)C2)C3)CC1=O. The van der Waals surface area contributed by atoms with Crippen LogP contribution in [0.15, 0.2) is 5.10 Å². The molecule has 1 amide bonds. The molecule has 3 nitrogen and oxygen atoms in total. The molecular weight excluding hydrogens is 212 g/mol. The highest BCUT2D eigenvalue weighted by atomic mass is 16.2. The minimum Gasteiger partial charge on any atom is -0.273 e. The Labute approximate surface area is 102 Å². The van der Waals surface area contributed by atoms with Gasteiger partial charge in [0.25, 0.3) is 0 Å². The summed E-state index contributed by atoms with van der Waals surface area (Å²) in [4.78, 5) is 11.7. The number of amides is 1. The van der Waals surface area contributed by atoms with E-state index in [9.17, 15) is 4.79 Å². The van der Waals surface area contributed by atoms with E-state index >= 15 is 0 Å². The van der Waals surface area contributed by atoms with Gasteiger partial charge in [-0.05, 0) is 56.3 Å². The lowest BCUT2D eigenvalue weighted by molar-refractivity contribution is -0.127. The first-order valence-electron chi connectivity index (χ1n) is 6.99. The zero-order chi connectivity index (χ0) is 11.6. The Balaban J connectivity index is 1.69. The molecule has 4 saturated carbocycles. The minimum absolute atomic E-state index is 0.191. The van der Waals surface area contributed by atoms with Gasteiger partial charge in [0.15, 0.2) is 0 Å². The summed E-state index contributed by atoms with van der Waals surface area (Å²) in [6.45, 7) is 0. The lowest BCUT2D eigenvalue weighted by Gasteiger charge is -2.56. The van der Waals surface area contributed by atoms with Crippen LogP contribution in [0.2, 0.25) is 0 Å². The van der Waals surface area contributed by atoms with Crippen molar-refractivity contribution in [1.82, 2.24) is 5.01 Å². The second-order valence-corrected chi connectivity index (χ2v) is 6.84. The maximum atomic E-state index is 11.7. The van der Waals surface area contributed by atoms with Crippen LogP contribution in [0.25, 0.3) is 0 Å². The van der Waals surface area contributed by atoms with E-state index in [2.05, 4.69) is 5.10 Å². The van der Waals surface area contributed by atoms with Gasteiger partial charge in [0, 0.05) is 12.5 Å². The summed E-state index contributed by atoms with van der Waals surface area (Å²) in [5.74, 6) is 3.00. The summed E-state index contributed by atoms with van der Waals surface area (Å²) in [6.07, 6.45) is 8.92. The molecule has 4 bridgehead atoms. The van der Waals surface area contributed by atoms with Gasteiger partial charge in [0.05, 0.1) is 12.1 Å². The molecule has 0 spiro atoms. The second-order valence-electron chi connectivity index (χ2n) is 6.84. The standard InChI is InChI=1S/C14H20N2O/c1-16-13(17)5-12(15-16)14-6-9-2-10(7-14)4-11(3-9)8-14/h9-11H,2-8H2,1H3. The van der Waals surface area contributed by atoms with Crippen LogP contribution in [0, 0.1) is 23.2 Å². The van der Waals surface area contributed by atoms with E-state index in [1.165, 1.54) is 44.2 Å². The molecule has 17 heavy (non-hydrogen) atoms. The lowest BCUT2D eigenvalue weighted by Crippen LogP contribution is -2.49. The van der Waals surface area contributed by atoms with Crippen molar-refractivity contribution in [2.45, 2.75) is 44.9 Å². The first-order valence-corrected chi connectivity index (χ1v) is 6.99. The van der Waals surface area contributed by atoms with Gasteiger partial charge in [0.1, 0.15) is 0 Å². The Morgan fingerprint density at radius 3 is 2.06 bits per heavy atom. The third-order valence-electron chi connectivity index (χ3n) is 5.60. The summed E-state index contributed by atoms with van der Waals surface area (Å²) in [5, 5.41) is 6.12. The van der Waals surface area contributed by atoms with Crippen molar-refractivity contribution in [2.75, 3.05) is 7.05 Å². The van der Waals surface area contributed by atoms with Gasteiger partial charge in [-0.1, -0.05) is 0 Å². The summed E-state index contributed by atoms with van der Waals surface area (Å²) in [7, 11) is 1.80. The molecule has 0 radical (unpaired) electrons. The fourth-order valence-corrected chi connectivity index (χ4v) is 5.29. The number of carbonyl (C=O) groups is 1. The van der Waals surface area contributed by atoms with Crippen molar-refractivity contribution in [3.05, 3.63) is 0 Å². The number of hydrogen-bond acceptors (Lipinski definition) is 2. The molecule has 4 aliphatic carbocycles. The number of nitrogens with zero attached hydrogens (tertiary/aromatic N) is 2. The van der Waals surface area contributed by atoms with Crippen molar-refractivity contribution >= 4 is 11.6 Å². The zero-order valence-corrected chi connectivity index (χ0v) is 10.5. The smallest absolute Gasteiger partial charge is 0.248 e. The Bertz CT molecular complexity index is 377. The summed E-state index contributed by atoms with van der Waals surface area (Å²) in [5.41, 5.74) is 1.55. The van der Waals surface area contributed by atoms with Crippen LogP contribution in [0.1, 0.15) is 44.9 Å². The molecule has 1 aliphatic heterocycles. The Morgan fingerprint density at radius 2 is 1.65 bits per heavy atom. The monoisotopic (exact) mass is 232 g/mol. The number of carbonyl (C=O) groups excluding carboxylic acids is 1. The van der Waals surface area contributed by atoms with Crippen LogP contribution < -0.4 is 0 Å². The van der Waals surface area contributed by atoms with Crippen molar-refractivity contribution in [2.24, 2.45) is 28.3 Å². The molecule has 4 fully saturated rings. The Kier molecular flexibility index (Phi) is 1.85. The average Bonchev–Trinajstić information content (AvgIpc) is 2.58. The van der Waals surface area contributed by atoms with Crippen LogP contribution in [0.5, 0.6) is 0 Å². The third-order valence-corrected chi connectivity index (χ3v) is 5.60. The third kappa shape index (κ3) is 1.34. The van der Waals surface area contributed by atoms with Gasteiger partial charge in [-0.2, -0.15) is 5.10 Å². The van der Waals surface area contributed by atoms with Gasteiger partial charge < -0.3 is 0 Å². The predicted molar refractivity (Wildman–Crippen MR) is 65.4 cm³/mol. The van der Waals surface area contributed by atoms with Crippen LogP contribution in [0.4, 0.5) is 0 Å². The highest BCUT2D eigenvalue weighted by molar-refractivity contribution is 6.07. The highest BCUT2D eigenvalue weighted by Crippen LogP contribution is 2.61. The number of rotatable bonds is 1. The molecule has 0 N–H and O–H groups in total. The van der Waals surface area contributed by atoms with Crippen molar-refractivity contribution < 1.29 is 4.79 Å². The molecule has 5 aliphatic rings. The van der Waals surface area contributed by atoms with E-state index in [0.29, 0.717) is 11.8 Å². The fourth-order valence-electron chi connectivity index (χ4n) is 5.29.